The maximum absolute atomic E-state index is 12.8. The van der Waals surface area contributed by atoms with Crippen molar-refractivity contribution in [3.05, 3.63) is 29.6 Å². The summed E-state index contributed by atoms with van der Waals surface area (Å²) >= 11 is 1.66. The van der Waals surface area contributed by atoms with E-state index >= 15 is 0 Å². The monoisotopic (exact) mass is 407 g/mol. The Morgan fingerprint density at radius 1 is 1.00 bits per heavy atom. The van der Waals surface area contributed by atoms with E-state index in [1.807, 2.05) is 12.1 Å². The molecule has 2 aliphatic heterocycles. The molecular formula is C19H27N4O2S2+. The van der Waals surface area contributed by atoms with Crippen molar-refractivity contribution in [1.82, 2.24) is 9.29 Å². The molecule has 0 aliphatic carbocycles. The van der Waals surface area contributed by atoms with Crippen LogP contribution in [0.5, 0.6) is 0 Å². The molecule has 1 aromatic heterocycles. The lowest BCUT2D eigenvalue weighted by molar-refractivity contribution is -0.880. The number of anilines is 1. The average Bonchev–Trinajstić information content (AvgIpc) is 3.19. The molecule has 6 nitrogen and oxygen atoms in total. The van der Waals surface area contributed by atoms with Gasteiger partial charge < -0.3 is 9.80 Å². The smallest absolute Gasteiger partial charge is 0.243 e. The summed E-state index contributed by atoms with van der Waals surface area (Å²) < 4.78 is 27.2. The number of thiazole rings is 1. The zero-order valence-electron chi connectivity index (χ0n) is 15.7. The number of nitrogens with zero attached hydrogens (tertiary/aromatic N) is 3. The van der Waals surface area contributed by atoms with E-state index in [4.69, 9.17) is 4.98 Å². The lowest BCUT2D eigenvalue weighted by Crippen LogP contribution is -3.12. The summed E-state index contributed by atoms with van der Waals surface area (Å²) in [6.07, 6.45) is 3.02. The normalized spacial score (nSPS) is 20.1. The second-order valence-corrected chi connectivity index (χ2v) is 10.2. The van der Waals surface area contributed by atoms with Gasteiger partial charge in [0.05, 0.1) is 43.8 Å². The predicted molar refractivity (Wildman–Crippen MR) is 109 cm³/mol. The highest BCUT2D eigenvalue weighted by molar-refractivity contribution is 7.89. The largest absolute Gasteiger partial charge is 0.337 e. The Hall–Kier alpha value is -1.48. The van der Waals surface area contributed by atoms with Crippen LogP contribution in [0.2, 0.25) is 0 Å². The van der Waals surface area contributed by atoms with Crippen molar-refractivity contribution >= 4 is 26.5 Å². The fourth-order valence-electron chi connectivity index (χ4n) is 3.67. The third-order valence-electron chi connectivity index (χ3n) is 5.48. The van der Waals surface area contributed by atoms with Crippen molar-refractivity contribution in [2.45, 2.75) is 24.2 Å². The van der Waals surface area contributed by atoms with Crippen LogP contribution in [-0.4, -0.2) is 64.0 Å². The first kappa shape index (κ1) is 18.9. The number of rotatable bonds is 4. The number of aromatic nitrogens is 1. The summed E-state index contributed by atoms with van der Waals surface area (Å²) in [5.41, 5.74) is 1.89. The molecule has 0 atom stereocenters. The molecule has 0 radical (unpaired) electrons. The van der Waals surface area contributed by atoms with E-state index in [1.165, 1.54) is 0 Å². The summed E-state index contributed by atoms with van der Waals surface area (Å²) in [4.78, 5) is 9.07. The van der Waals surface area contributed by atoms with Crippen LogP contribution in [0, 0.1) is 0 Å². The van der Waals surface area contributed by atoms with Gasteiger partial charge in [-0.1, -0.05) is 18.6 Å². The van der Waals surface area contributed by atoms with Gasteiger partial charge in [0.25, 0.3) is 0 Å². The molecule has 0 saturated carbocycles. The van der Waals surface area contributed by atoms with Gasteiger partial charge in [0.15, 0.2) is 5.13 Å². The third kappa shape index (κ3) is 4.03. The molecule has 2 fully saturated rings. The van der Waals surface area contributed by atoms with Crippen molar-refractivity contribution in [1.29, 1.82) is 0 Å². The van der Waals surface area contributed by atoms with Gasteiger partial charge in [0, 0.05) is 24.0 Å². The van der Waals surface area contributed by atoms with Crippen molar-refractivity contribution in [2.75, 3.05) is 51.2 Å². The molecule has 0 spiro atoms. The molecule has 8 heteroatoms. The second kappa shape index (κ2) is 7.87. The molecule has 2 aliphatic rings. The fraction of sp³-hybridized carbons (Fsp3) is 0.526. The number of sulfonamides is 1. The number of hydrogen-bond acceptors (Lipinski definition) is 5. The fourth-order valence-corrected chi connectivity index (χ4v) is 6.08. The van der Waals surface area contributed by atoms with Gasteiger partial charge in [0.2, 0.25) is 10.0 Å². The van der Waals surface area contributed by atoms with Crippen molar-refractivity contribution in [3.8, 4) is 11.3 Å². The van der Waals surface area contributed by atoms with Gasteiger partial charge in [-0.25, -0.2) is 13.4 Å². The standard InChI is InChI=1S/C19H26N4O2S2/c1-21-11-13-22(14-12-21)19-20-18(15-26-19)16-5-7-17(8-6-16)27(24,25)23-9-3-2-4-10-23/h5-8,15H,2-4,9-14H2,1H3/p+1. The number of piperidine rings is 1. The van der Waals surface area contributed by atoms with Gasteiger partial charge in [-0.05, 0) is 25.0 Å². The van der Waals surface area contributed by atoms with Crippen molar-refractivity contribution in [3.63, 3.8) is 0 Å². The molecule has 3 heterocycles. The lowest BCUT2D eigenvalue weighted by atomic mass is 10.2. The number of benzene rings is 1. The minimum absolute atomic E-state index is 0.380. The lowest BCUT2D eigenvalue weighted by Gasteiger charge is -2.29. The first-order valence-electron chi connectivity index (χ1n) is 9.66. The summed E-state index contributed by atoms with van der Waals surface area (Å²) in [6.45, 7) is 5.60. The van der Waals surface area contributed by atoms with Crippen LogP contribution in [0.1, 0.15) is 19.3 Å². The van der Waals surface area contributed by atoms with Crippen LogP contribution in [0.15, 0.2) is 34.5 Å². The third-order valence-corrected chi connectivity index (χ3v) is 8.30. The van der Waals surface area contributed by atoms with E-state index in [1.54, 1.807) is 32.7 Å². The highest BCUT2D eigenvalue weighted by Gasteiger charge is 2.26. The van der Waals surface area contributed by atoms with E-state index in [0.29, 0.717) is 18.0 Å². The van der Waals surface area contributed by atoms with Crippen LogP contribution in [0.4, 0.5) is 5.13 Å². The molecule has 1 N–H and O–H groups in total. The Morgan fingerprint density at radius 2 is 1.67 bits per heavy atom. The molecule has 2 saturated heterocycles. The van der Waals surface area contributed by atoms with E-state index in [-0.39, 0.29) is 0 Å². The molecule has 4 rings (SSSR count). The summed E-state index contributed by atoms with van der Waals surface area (Å²) in [7, 11) is -1.15. The number of nitrogens with one attached hydrogen (secondary N) is 1. The number of piperazine rings is 1. The van der Waals surface area contributed by atoms with Crippen LogP contribution in [-0.2, 0) is 10.0 Å². The Labute approximate surface area is 165 Å². The van der Waals surface area contributed by atoms with E-state index < -0.39 is 10.0 Å². The topological polar surface area (TPSA) is 58.0 Å². The maximum Gasteiger partial charge on any atom is 0.243 e. The minimum atomic E-state index is -3.37. The van der Waals surface area contributed by atoms with E-state index in [9.17, 15) is 8.42 Å². The van der Waals surface area contributed by atoms with Crippen LogP contribution in [0.3, 0.4) is 0 Å². The van der Waals surface area contributed by atoms with Gasteiger partial charge in [-0.15, -0.1) is 11.3 Å². The summed E-state index contributed by atoms with van der Waals surface area (Å²) in [6, 6.07) is 7.20. The zero-order valence-corrected chi connectivity index (χ0v) is 17.4. The quantitative estimate of drug-likeness (QED) is 0.831. The van der Waals surface area contributed by atoms with Crippen molar-refractivity contribution < 1.29 is 13.3 Å². The maximum atomic E-state index is 12.8. The summed E-state index contributed by atoms with van der Waals surface area (Å²) in [5, 5.41) is 3.12. The first-order chi connectivity index (χ1) is 13.0. The van der Waals surface area contributed by atoms with Crippen LogP contribution in [0.25, 0.3) is 11.3 Å². The first-order valence-corrected chi connectivity index (χ1v) is 12.0. The van der Waals surface area contributed by atoms with Gasteiger partial charge in [-0.2, -0.15) is 4.31 Å². The number of quaternary nitrogens is 1. The molecular weight excluding hydrogens is 380 g/mol. The van der Waals surface area contributed by atoms with E-state index in [0.717, 1.165) is 61.8 Å². The predicted octanol–water partition coefficient (Wildman–Crippen LogP) is 1.32. The number of hydrogen-bond donors (Lipinski definition) is 1. The molecule has 1 aromatic carbocycles. The van der Waals surface area contributed by atoms with E-state index in [2.05, 4.69) is 17.3 Å². The summed E-state index contributed by atoms with van der Waals surface area (Å²) in [5.74, 6) is 0. The Balaban J connectivity index is 1.49. The molecule has 0 bridgehead atoms. The van der Waals surface area contributed by atoms with Crippen LogP contribution >= 0.6 is 11.3 Å². The Kier molecular flexibility index (Phi) is 5.50. The highest BCUT2D eigenvalue weighted by atomic mass is 32.2. The van der Waals surface area contributed by atoms with Gasteiger partial charge >= 0.3 is 0 Å². The number of likely N-dealkylation sites (N-methyl/N-ethyl adjacent to an activating group) is 1. The molecule has 0 amide bonds. The Bertz CT molecular complexity index is 865. The van der Waals surface area contributed by atoms with Gasteiger partial charge in [-0.3, -0.25) is 0 Å². The SMILES string of the molecule is C[NH+]1CCN(c2nc(-c3ccc(S(=O)(=O)N4CCCCC4)cc3)cs2)CC1. The second-order valence-electron chi connectivity index (χ2n) is 7.45. The highest BCUT2D eigenvalue weighted by Crippen LogP contribution is 2.29. The van der Waals surface area contributed by atoms with Crippen LogP contribution < -0.4 is 9.80 Å². The molecule has 27 heavy (non-hydrogen) atoms. The average molecular weight is 408 g/mol. The minimum Gasteiger partial charge on any atom is -0.337 e. The molecule has 2 aromatic rings. The molecule has 0 unspecified atom stereocenters. The van der Waals surface area contributed by atoms with Crippen molar-refractivity contribution in [2.24, 2.45) is 0 Å². The Morgan fingerprint density at radius 3 is 2.33 bits per heavy atom. The zero-order chi connectivity index (χ0) is 18.9. The van der Waals surface area contributed by atoms with Gasteiger partial charge in [0.1, 0.15) is 0 Å². The molecule has 146 valence electrons.